The summed E-state index contributed by atoms with van der Waals surface area (Å²) < 4.78 is 0. The molecular formula is C22H16N2O. The lowest BCUT2D eigenvalue weighted by atomic mass is 9.63. The molecule has 3 aromatic carbocycles. The van der Waals surface area contributed by atoms with Crippen molar-refractivity contribution >= 4 is 12.0 Å². The third-order valence-electron chi connectivity index (χ3n) is 5.46. The Labute approximate surface area is 146 Å². The number of nitrogens with one attached hydrogen (secondary N) is 1. The number of fused-ring (bicyclic) bond motifs is 3. The normalized spacial score (nSPS) is 26.2. The molecule has 1 N–H and O–H groups in total. The average molecular weight is 324 g/mol. The highest BCUT2D eigenvalue weighted by Crippen LogP contribution is 2.56. The highest BCUT2D eigenvalue weighted by atomic mass is 16.1. The Morgan fingerprint density at radius 3 is 2.04 bits per heavy atom. The molecule has 0 saturated carbocycles. The van der Waals surface area contributed by atoms with Crippen molar-refractivity contribution in [1.82, 2.24) is 5.43 Å². The lowest BCUT2D eigenvalue weighted by Crippen LogP contribution is -2.54. The Balaban J connectivity index is 1.92. The van der Waals surface area contributed by atoms with Gasteiger partial charge in [-0.3, -0.25) is 10.2 Å². The fourth-order valence-corrected chi connectivity index (χ4v) is 4.40. The molecule has 3 aromatic rings. The van der Waals surface area contributed by atoms with Gasteiger partial charge in [0.05, 0.1) is 5.41 Å². The van der Waals surface area contributed by atoms with Gasteiger partial charge in [-0.2, -0.15) is 5.10 Å². The monoisotopic (exact) mass is 324 g/mol. The van der Waals surface area contributed by atoms with Crippen LogP contribution in [0.4, 0.5) is 0 Å². The van der Waals surface area contributed by atoms with Crippen LogP contribution in [0.3, 0.4) is 0 Å². The van der Waals surface area contributed by atoms with Crippen molar-refractivity contribution < 1.29 is 4.79 Å². The Hall–Kier alpha value is -3.20. The van der Waals surface area contributed by atoms with Gasteiger partial charge in [0, 0.05) is 11.8 Å². The molecule has 0 fully saturated rings. The second-order valence-corrected chi connectivity index (χ2v) is 6.53. The van der Waals surface area contributed by atoms with Crippen molar-refractivity contribution in [1.29, 1.82) is 0 Å². The molecule has 0 spiro atoms. The minimum atomic E-state index is -0.945. The largest absolute Gasteiger partial charge is 0.291 e. The molecule has 0 saturated heterocycles. The van der Waals surface area contributed by atoms with Crippen LogP contribution in [0.25, 0.3) is 0 Å². The molecule has 1 heterocycles. The first-order valence-corrected chi connectivity index (χ1v) is 8.37. The zero-order valence-corrected chi connectivity index (χ0v) is 13.5. The van der Waals surface area contributed by atoms with Gasteiger partial charge in [-0.1, -0.05) is 84.9 Å². The van der Waals surface area contributed by atoms with Gasteiger partial charge in [0.15, 0.2) is 11.3 Å². The van der Waals surface area contributed by atoms with Crippen LogP contribution in [-0.4, -0.2) is 12.0 Å². The zero-order valence-electron chi connectivity index (χ0n) is 13.5. The van der Waals surface area contributed by atoms with Gasteiger partial charge in [0.25, 0.3) is 0 Å². The minimum Gasteiger partial charge on any atom is -0.291 e. The molecule has 25 heavy (non-hydrogen) atoms. The summed E-state index contributed by atoms with van der Waals surface area (Å²) in [6.45, 7) is 0. The van der Waals surface area contributed by atoms with Crippen LogP contribution in [0, 0.1) is 0 Å². The van der Waals surface area contributed by atoms with E-state index in [9.17, 15) is 4.79 Å². The van der Waals surface area contributed by atoms with Crippen molar-refractivity contribution in [2.45, 2.75) is 11.0 Å². The topological polar surface area (TPSA) is 41.5 Å². The van der Waals surface area contributed by atoms with E-state index in [2.05, 4.69) is 22.7 Å². The van der Waals surface area contributed by atoms with Crippen LogP contribution in [0.2, 0.25) is 0 Å². The molecule has 0 radical (unpaired) electrons. The van der Waals surface area contributed by atoms with Gasteiger partial charge >= 0.3 is 0 Å². The maximum Gasteiger partial charge on any atom is 0.196 e. The molecule has 120 valence electrons. The average Bonchev–Trinajstić information content (AvgIpc) is 3.19. The van der Waals surface area contributed by atoms with Crippen LogP contribution in [-0.2, 0) is 11.0 Å². The van der Waals surface area contributed by atoms with E-state index in [1.807, 2.05) is 79.0 Å². The molecule has 3 nitrogen and oxygen atoms in total. The number of nitrogens with zero attached hydrogens (tertiary/aromatic N) is 1. The SMILES string of the molecule is O=C1c2ccccc2[C@@]2(c3ccccc3)C=NN[C@]12c1ccccc1. The Morgan fingerprint density at radius 2 is 1.32 bits per heavy atom. The van der Waals surface area contributed by atoms with Crippen LogP contribution in [0.15, 0.2) is 90.0 Å². The second-order valence-electron chi connectivity index (χ2n) is 6.53. The van der Waals surface area contributed by atoms with E-state index in [0.29, 0.717) is 0 Å². The van der Waals surface area contributed by atoms with Gasteiger partial charge in [0.2, 0.25) is 0 Å². The summed E-state index contributed by atoms with van der Waals surface area (Å²) in [7, 11) is 0. The molecule has 2 aliphatic rings. The molecule has 2 atom stereocenters. The van der Waals surface area contributed by atoms with Crippen molar-refractivity contribution in [3.05, 3.63) is 107 Å². The van der Waals surface area contributed by atoms with Crippen LogP contribution >= 0.6 is 0 Å². The molecule has 1 aliphatic heterocycles. The second kappa shape index (κ2) is 4.90. The molecule has 0 unspecified atom stereocenters. The smallest absolute Gasteiger partial charge is 0.196 e. The van der Waals surface area contributed by atoms with Crippen LogP contribution in [0.1, 0.15) is 27.0 Å². The zero-order chi connectivity index (χ0) is 16.9. The molecule has 1 aliphatic carbocycles. The van der Waals surface area contributed by atoms with E-state index in [4.69, 9.17) is 0 Å². The molecule has 0 aromatic heterocycles. The predicted molar refractivity (Wildman–Crippen MR) is 97.7 cm³/mol. The van der Waals surface area contributed by atoms with Crippen molar-refractivity contribution in [2.24, 2.45) is 5.10 Å². The van der Waals surface area contributed by atoms with Gasteiger partial charge < -0.3 is 0 Å². The fourth-order valence-electron chi connectivity index (χ4n) is 4.40. The summed E-state index contributed by atoms with van der Waals surface area (Å²) in [6.07, 6.45) is 1.90. The standard InChI is InChI=1S/C22H16N2O/c25-20-18-13-7-8-14-19(18)21(16-9-3-1-4-10-16)15-23-24-22(20,21)17-11-5-2-6-12-17/h1-15,24H/t21-,22+/m0/s1. The Morgan fingerprint density at radius 1 is 0.720 bits per heavy atom. The predicted octanol–water partition coefficient (Wildman–Crippen LogP) is 3.65. The number of rotatable bonds is 2. The maximum atomic E-state index is 13.6. The first-order valence-electron chi connectivity index (χ1n) is 8.37. The van der Waals surface area contributed by atoms with Crippen molar-refractivity contribution in [2.75, 3.05) is 0 Å². The Bertz CT molecular complexity index is 997. The highest BCUT2D eigenvalue weighted by Gasteiger charge is 2.66. The van der Waals surface area contributed by atoms with Crippen LogP contribution in [0.5, 0.6) is 0 Å². The quantitative estimate of drug-likeness (QED) is 0.782. The van der Waals surface area contributed by atoms with Gasteiger partial charge in [-0.25, -0.2) is 0 Å². The van der Waals surface area contributed by atoms with E-state index in [-0.39, 0.29) is 5.78 Å². The number of hydrogen-bond donors (Lipinski definition) is 1. The number of benzene rings is 3. The van der Waals surface area contributed by atoms with Gasteiger partial charge in [-0.15, -0.1) is 0 Å². The van der Waals surface area contributed by atoms with E-state index < -0.39 is 11.0 Å². The first kappa shape index (κ1) is 14.2. The lowest BCUT2D eigenvalue weighted by Gasteiger charge is -2.38. The summed E-state index contributed by atoms with van der Waals surface area (Å²) in [5.74, 6) is 0.0654. The van der Waals surface area contributed by atoms with E-state index in [1.165, 1.54) is 0 Å². The minimum absolute atomic E-state index is 0.0654. The summed E-state index contributed by atoms with van der Waals surface area (Å²) in [5.41, 5.74) is 5.36. The number of ketones is 1. The number of hydrogen-bond acceptors (Lipinski definition) is 3. The molecule has 5 rings (SSSR count). The molecule has 0 amide bonds. The fraction of sp³-hybridized carbons (Fsp3) is 0.0909. The van der Waals surface area contributed by atoms with E-state index >= 15 is 0 Å². The van der Waals surface area contributed by atoms with Crippen LogP contribution < -0.4 is 5.43 Å². The molecule has 0 bridgehead atoms. The summed E-state index contributed by atoms with van der Waals surface area (Å²) >= 11 is 0. The number of carbonyl (C=O) groups excluding carboxylic acids is 1. The maximum absolute atomic E-state index is 13.6. The number of carbonyl (C=O) groups is 1. The van der Waals surface area contributed by atoms with Gasteiger partial charge in [0.1, 0.15) is 0 Å². The molecular weight excluding hydrogens is 308 g/mol. The third kappa shape index (κ3) is 1.55. The van der Waals surface area contributed by atoms with Gasteiger partial charge in [-0.05, 0) is 16.7 Å². The Kier molecular flexibility index (Phi) is 2.78. The highest BCUT2D eigenvalue weighted by molar-refractivity contribution is 6.16. The molecule has 3 heteroatoms. The van der Waals surface area contributed by atoms with Crippen molar-refractivity contribution in [3.63, 3.8) is 0 Å². The number of Topliss-reactive ketones (excluding diaryl/α,β-unsaturated/α-hetero) is 1. The lowest BCUT2D eigenvalue weighted by molar-refractivity contribution is 0.0851. The van der Waals surface area contributed by atoms with E-state index in [1.54, 1.807) is 0 Å². The van der Waals surface area contributed by atoms with Crippen molar-refractivity contribution in [3.8, 4) is 0 Å². The van der Waals surface area contributed by atoms with E-state index in [0.717, 1.165) is 22.3 Å². The summed E-state index contributed by atoms with van der Waals surface area (Å²) in [4.78, 5) is 13.6. The summed E-state index contributed by atoms with van der Waals surface area (Å²) in [5, 5.41) is 4.42. The third-order valence-corrected chi connectivity index (χ3v) is 5.46. The first-order chi connectivity index (χ1) is 12.3. The number of hydrazone groups is 1. The summed E-state index contributed by atoms with van der Waals surface area (Å²) in [6, 6.07) is 28.0.